The Bertz CT molecular complexity index is 713. The molecule has 0 bridgehead atoms. The highest BCUT2D eigenvalue weighted by Crippen LogP contribution is 2.33. The van der Waals surface area contributed by atoms with Crippen LogP contribution in [0.3, 0.4) is 0 Å². The van der Waals surface area contributed by atoms with Gasteiger partial charge in [0.2, 0.25) is 0 Å². The quantitative estimate of drug-likeness (QED) is 0.915. The normalized spacial score (nSPS) is 18.8. The SMILES string of the molecule is O=C(O)c1ccc(N2CCC(c3nccn3CC3CC3)CC2)nc1. The largest absolute Gasteiger partial charge is 0.478 e. The summed E-state index contributed by atoms with van der Waals surface area (Å²) in [6.45, 7) is 2.98. The van der Waals surface area contributed by atoms with E-state index in [0.29, 0.717) is 5.92 Å². The van der Waals surface area contributed by atoms with Crippen molar-refractivity contribution in [2.75, 3.05) is 18.0 Å². The van der Waals surface area contributed by atoms with E-state index >= 15 is 0 Å². The van der Waals surface area contributed by atoms with Crippen LogP contribution in [0.1, 0.15) is 47.8 Å². The van der Waals surface area contributed by atoms with E-state index in [-0.39, 0.29) is 5.56 Å². The van der Waals surface area contributed by atoms with Gasteiger partial charge in [0.15, 0.2) is 0 Å². The van der Waals surface area contributed by atoms with Gasteiger partial charge in [0.05, 0.1) is 5.56 Å². The minimum atomic E-state index is -0.935. The molecule has 0 spiro atoms. The summed E-state index contributed by atoms with van der Waals surface area (Å²) in [4.78, 5) is 22.1. The summed E-state index contributed by atoms with van der Waals surface area (Å²) in [6.07, 6.45) is 10.3. The molecule has 2 aliphatic rings. The first kappa shape index (κ1) is 15.2. The summed E-state index contributed by atoms with van der Waals surface area (Å²) in [5.74, 6) is 2.52. The number of aromatic carboxylic acids is 1. The molecule has 1 saturated heterocycles. The number of nitrogens with zero attached hydrogens (tertiary/aromatic N) is 4. The van der Waals surface area contributed by atoms with E-state index in [1.165, 1.54) is 24.9 Å². The summed E-state index contributed by atoms with van der Waals surface area (Å²) in [5.41, 5.74) is 0.232. The summed E-state index contributed by atoms with van der Waals surface area (Å²) in [7, 11) is 0. The van der Waals surface area contributed by atoms with E-state index in [0.717, 1.165) is 44.2 Å². The molecule has 1 saturated carbocycles. The van der Waals surface area contributed by atoms with Crippen molar-refractivity contribution in [2.24, 2.45) is 5.92 Å². The number of carboxylic acids is 1. The van der Waals surface area contributed by atoms with Crippen LogP contribution in [0.5, 0.6) is 0 Å². The van der Waals surface area contributed by atoms with Gasteiger partial charge in [0.1, 0.15) is 11.6 Å². The number of aromatic nitrogens is 3. The van der Waals surface area contributed by atoms with Crippen LogP contribution in [0.25, 0.3) is 0 Å². The number of hydrogen-bond acceptors (Lipinski definition) is 4. The second-order valence-electron chi connectivity index (χ2n) is 6.85. The van der Waals surface area contributed by atoms with E-state index in [9.17, 15) is 4.79 Å². The highest BCUT2D eigenvalue weighted by molar-refractivity contribution is 5.87. The molecular formula is C18H22N4O2. The van der Waals surface area contributed by atoms with Crippen molar-refractivity contribution in [2.45, 2.75) is 38.1 Å². The number of carboxylic acid groups (broad SMARTS) is 1. The Labute approximate surface area is 141 Å². The molecule has 24 heavy (non-hydrogen) atoms. The second kappa shape index (κ2) is 6.26. The molecule has 3 heterocycles. The Morgan fingerprint density at radius 3 is 2.58 bits per heavy atom. The van der Waals surface area contributed by atoms with Crippen LogP contribution in [0.4, 0.5) is 5.82 Å². The predicted octanol–water partition coefficient (Wildman–Crippen LogP) is 2.77. The fourth-order valence-electron chi connectivity index (χ4n) is 3.48. The minimum absolute atomic E-state index is 0.232. The zero-order valence-corrected chi connectivity index (χ0v) is 13.6. The molecule has 6 heteroatoms. The van der Waals surface area contributed by atoms with Crippen LogP contribution in [-0.2, 0) is 6.54 Å². The number of pyridine rings is 1. The van der Waals surface area contributed by atoms with Gasteiger partial charge in [-0.3, -0.25) is 0 Å². The third-order valence-corrected chi connectivity index (χ3v) is 5.08. The average molecular weight is 326 g/mol. The van der Waals surface area contributed by atoms with Gasteiger partial charge < -0.3 is 14.6 Å². The number of anilines is 1. The summed E-state index contributed by atoms with van der Waals surface area (Å²) in [5, 5.41) is 8.96. The number of carbonyl (C=O) groups is 1. The first-order valence-corrected chi connectivity index (χ1v) is 8.66. The maximum atomic E-state index is 10.9. The van der Waals surface area contributed by atoms with E-state index in [4.69, 9.17) is 5.11 Å². The molecule has 2 aromatic heterocycles. The van der Waals surface area contributed by atoms with E-state index in [2.05, 4.69) is 25.6 Å². The molecule has 4 rings (SSSR count). The molecule has 2 aromatic rings. The summed E-state index contributed by atoms with van der Waals surface area (Å²) >= 11 is 0. The lowest BCUT2D eigenvalue weighted by Crippen LogP contribution is -2.34. The topological polar surface area (TPSA) is 71.2 Å². The summed E-state index contributed by atoms with van der Waals surface area (Å²) < 4.78 is 2.35. The Morgan fingerprint density at radius 2 is 1.96 bits per heavy atom. The maximum Gasteiger partial charge on any atom is 0.337 e. The van der Waals surface area contributed by atoms with Crippen LogP contribution < -0.4 is 4.90 Å². The maximum absolute atomic E-state index is 10.9. The standard InChI is InChI=1S/C18H22N4O2/c23-18(24)15-3-4-16(20-11-15)21-8-5-14(6-9-21)17-19-7-10-22(17)12-13-1-2-13/h3-4,7,10-11,13-14H,1-2,5-6,8-9,12H2,(H,23,24). The van der Waals surface area contributed by atoms with Crippen LogP contribution in [-0.4, -0.2) is 38.7 Å². The van der Waals surface area contributed by atoms with E-state index in [1.54, 1.807) is 12.1 Å². The fourth-order valence-corrected chi connectivity index (χ4v) is 3.48. The minimum Gasteiger partial charge on any atom is -0.478 e. The van der Waals surface area contributed by atoms with Crippen molar-refractivity contribution < 1.29 is 9.90 Å². The van der Waals surface area contributed by atoms with Crippen molar-refractivity contribution in [3.63, 3.8) is 0 Å². The van der Waals surface area contributed by atoms with Gasteiger partial charge in [0, 0.05) is 44.1 Å². The Hall–Kier alpha value is -2.37. The van der Waals surface area contributed by atoms with Crippen molar-refractivity contribution in [3.8, 4) is 0 Å². The molecule has 1 aliphatic heterocycles. The molecule has 0 atom stereocenters. The smallest absolute Gasteiger partial charge is 0.337 e. The van der Waals surface area contributed by atoms with Gasteiger partial charge in [-0.2, -0.15) is 0 Å². The van der Waals surface area contributed by atoms with E-state index in [1.807, 2.05) is 6.20 Å². The highest BCUT2D eigenvalue weighted by atomic mass is 16.4. The van der Waals surface area contributed by atoms with Gasteiger partial charge in [-0.15, -0.1) is 0 Å². The third kappa shape index (κ3) is 3.13. The van der Waals surface area contributed by atoms with Crippen LogP contribution in [0, 0.1) is 5.92 Å². The van der Waals surface area contributed by atoms with Crippen molar-refractivity contribution in [3.05, 3.63) is 42.1 Å². The van der Waals surface area contributed by atoms with Gasteiger partial charge in [-0.25, -0.2) is 14.8 Å². The zero-order chi connectivity index (χ0) is 16.5. The van der Waals surface area contributed by atoms with Gasteiger partial charge in [-0.05, 0) is 43.7 Å². The van der Waals surface area contributed by atoms with Crippen LogP contribution in [0.2, 0.25) is 0 Å². The van der Waals surface area contributed by atoms with Crippen molar-refractivity contribution >= 4 is 11.8 Å². The predicted molar refractivity (Wildman–Crippen MR) is 90.3 cm³/mol. The number of hydrogen-bond donors (Lipinski definition) is 1. The monoisotopic (exact) mass is 326 g/mol. The molecule has 0 amide bonds. The first-order chi connectivity index (χ1) is 11.7. The molecule has 0 unspecified atom stereocenters. The van der Waals surface area contributed by atoms with Crippen molar-refractivity contribution in [1.29, 1.82) is 0 Å². The molecule has 0 aromatic carbocycles. The summed E-state index contributed by atoms with van der Waals surface area (Å²) in [6, 6.07) is 3.43. The Kier molecular flexibility index (Phi) is 3.96. The number of piperidine rings is 1. The molecule has 1 aliphatic carbocycles. The third-order valence-electron chi connectivity index (χ3n) is 5.08. The number of rotatable bonds is 5. The molecule has 1 N–H and O–H groups in total. The van der Waals surface area contributed by atoms with Gasteiger partial charge in [0.25, 0.3) is 0 Å². The number of imidazole rings is 1. The first-order valence-electron chi connectivity index (χ1n) is 8.66. The molecule has 0 radical (unpaired) electrons. The molecule has 6 nitrogen and oxygen atoms in total. The average Bonchev–Trinajstić information content (AvgIpc) is 3.30. The van der Waals surface area contributed by atoms with Gasteiger partial charge >= 0.3 is 5.97 Å². The lowest BCUT2D eigenvalue weighted by Gasteiger charge is -2.32. The molecular weight excluding hydrogens is 304 g/mol. The van der Waals surface area contributed by atoms with E-state index < -0.39 is 5.97 Å². The van der Waals surface area contributed by atoms with Crippen LogP contribution in [0.15, 0.2) is 30.7 Å². The zero-order valence-electron chi connectivity index (χ0n) is 13.6. The Balaban J connectivity index is 1.39. The lowest BCUT2D eigenvalue weighted by atomic mass is 9.95. The molecule has 2 fully saturated rings. The second-order valence-corrected chi connectivity index (χ2v) is 6.85. The van der Waals surface area contributed by atoms with Crippen molar-refractivity contribution in [1.82, 2.24) is 14.5 Å². The molecule has 126 valence electrons. The van der Waals surface area contributed by atoms with Crippen LogP contribution >= 0.6 is 0 Å². The lowest BCUT2D eigenvalue weighted by molar-refractivity contribution is 0.0696. The Morgan fingerprint density at radius 1 is 1.17 bits per heavy atom. The highest BCUT2D eigenvalue weighted by Gasteiger charge is 2.27. The van der Waals surface area contributed by atoms with Gasteiger partial charge in [-0.1, -0.05) is 0 Å². The fraction of sp³-hybridized carbons (Fsp3) is 0.500.